The predicted octanol–water partition coefficient (Wildman–Crippen LogP) is 3.43. The third kappa shape index (κ3) is 1.99. The van der Waals surface area contributed by atoms with Crippen molar-refractivity contribution in [3.05, 3.63) is 29.5 Å². The molecule has 0 radical (unpaired) electrons. The first-order chi connectivity index (χ1) is 8.83. The number of ether oxygens (including phenoxy) is 1. The van der Waals surface area contributed by atoms with Crippen molar-refractivity contribution in [3.8, 4) is 5.75 Å². The van der Waals surface area contributed by atoms with E-state index in [1.54, 1.807) is 7.11 Å². The smallest absolute Gasteiger partial charge is 0.134 e. The molecular weight excluding hydrogens is 226 g/mol. The number of furan rings is 1. The van der Waals surface area contributed by atoms with Crippen LogP contribution in [0.5, 0.6) is 5.75 Å². The second kappa shape index (κ2) is 4.65. The van der Waals surface area contributed by atoms with Crippen LogP contribution in [0.25, 0.3) is 11.0 Å². The van der Waals surface area contributed by atoms with Gasteiger partial charge in [-0.25, -0.2) is 0 Å². The molecule has 2 aromatic rings. The lowest BCUT2D eigenvalue weighted by Crippen LogP contribution is -2.12. The fraction of sp³-hybridized carbons (Fsp3) is 0.467. The molecule has 1 aromatic heterocycles. The van der Waals surface area contributed by atoms with Gasteiger partial charge in [-0.1, -0.05) is 6.92 Å². The molecule has 0 saturated heterocycles. The predicted molar refractivity (Wildman–Crippen MR) is 72.1 cm³/mol. The molecule has 0 bridgehead atoms. The van der Waals surface area contributed by atoms with Crippen molar-refractivity contribution in [2.75, 3.05) is 13.7 Å². The maximum atomic E-state index is 5.98. The van der Waals surface area contributed by atoms with Gasteiger partial charge in [0.15, 0.2) is 0 Å². The van der Waals surface area contributed by atoms with Crippen molar-refractivity contribution in [1.82, 2.24) is 5.32 Å². The van der Waals surface area contributed by atoms with E-state index in [1.165, 1.54) is 23.8 Å². The molecule has 3 nitrogen and oxygen atoms in total. The topological polar surface area (TPSA) is 34.4 Å². The molecule has 1 N–H and O–H groups in total. The normalized spacial score (nSPS) is 15.2. The molecule has 1 fully saturated rings. The molecule has 0 atom stereocenters. The molecule has 3 rings (SSSR count). The summed E-state index contributed by atoms with van der Waals surface area (Å²) >= 11 is 0. The summed E-state index contributed by atoms with van der Waals surface area (Å²) in [6.45, 7) is 3.90. The zero-order chi connectivity index (χ0) is 12.5. The Kier molecular flexibility index (Phi) is 3.00. The third-order valence-electron chi connectivity index (χ3n) is 3.53. The Balaban J connectivity index is 2.08. The second-order valence-electron chi connectivity index (χ2n) is 4.86. The van der Waals surface area contributed by atoms with Gasteiger partial charge in [0, 0.05) is 10.9 Å². The van der Waals surface area contributed by atoms with Crippen LogP contribution in [-0.4, -0.2) is 13.7 Å². The number of benzene rings is 1. The summed E-state index contributed by atoms with van der Waals surface area (Å²) in [7, 11) is 1.71. The lowest BCUT2D eigenvalue weighted by atomic mass is 10.1. The van der Waals surface area contributed by atoms with Crippen LogP contribution in [0.1, 0.15) is 37.0 Å². The van der Waals surface area contributed by atoms with Crippen LogP contribution in [0.15, 0.2) is 22.6 Å². The Labute approximate surface area is 107 Å². The Morgan fingerprint density at radius 3 is 2.89 bits per heavy atom. The van der Waals surface area contributed by atoms with Gasteiger partial charge in [0.1, 0.15) is 17.1 Å². The number of hydrogen-bond acceptors (Lipinski definition) is 3. The highest BCUT2D eigenvalue weighted by Crippen LogP contribution is 2.46. The standard InChI is InChI=1S/C15H19NO2/c1-3-16-9-14-15(10-4-5-10)12-8-11(17-2)6-7-13(12)18-14/h6-8,10,16H,3-5,9H2,1-2H3. The summed E-state index contributed by atoms with van der Waals surface area (Å²) in [5.74, 6) is 2.69. The summed E-state index contributed by atoms with van der Waals surface area (Å²) in [6, 6.07) is 6.07. The first-order valence-electron chi connectivity index (χ1n) is 6.63. The number of fused-ring (bicyclic) bond motifs is 1. The van der Waals surface area contributed by atoms with Crippen LogP contribution >= 0.6 is 0 Å². The molecule has 1 heterocycles. The highest BCUT2D eigenvalue weighted by atomic mass is 16.5. The largest absolute Gasteiger partial charge is 0.497 e. The Morgan fingerprint density at radius 1 is 1.39 bits per heavy atom. The van der Waals surface area contributed by atoms with Crippen LogP contribution in [0.4, 0.5) is 0 Å². The van der Waals surface area contributed by atoms with E-state index in [1.807, 2.05) is 12.1 Å². The zero-order valence-corrected chi connectivity index (χ0v) is 11.0. The van der Waals surface area contributed by atoms with Gasteiger partial charge in [0.25, 0.3) is 0 Å². The van der Waals surface area contributed by atoms with E-state index in [-0.39, 0.29) is 0 Å². The first-order valence-corrected chi connectivity index (χ1v) is 6.63. The lowest BCUT2D eigenvalue weighted by Gasteiger charge is -2.02. The third-order valence-corrected chi connectivity index (χ3v) is 3.53. The van der Waals surface area contributed by atoms with Crippen LogP contribution in [0.2, 0.25) is 0 Å². The molecule has 1 aliphatic carbocycles. The van der Waals surface area contributed by atoms with Gasteiger partial charge >= 0.3 is 0 Å². The van der Waals surface area contributed by atoms with Crippen molar-refractivity contribution in [2.24, 2.45) is 0 Å². The monoisotopic (exact) mass is 245 g/mol. The Bertz CT molecular complexity index is 555. The maximum absolute atomic E-state index is 5.98. The highest BCUT2D eigenvalue weighted by Gasteiger charge is 2.30. The lowest BCUT2D eigenvalue weighted by molar-refractivity contribution is 0.415. The fourth-order valence-electron chi connectivity index (χ4n) is 2.46. The summed E-state index contributed by atoms with van der Waals surface area (Å²) in [4.78, 5) is 0. The number of rotatable bonds is 5. The summed E-state index contributed by atoms with van der Waals surface area (Å²) < 4.78 is 11.3. The van der Waals surface area contributed by atoms with Crippen LogP contribution in [-0.2, 0) is 6.54 Å². The molecule has 0 spiro atoms. The zero-order valence-electron chi connectivity index (χ0n) is 11.0. The van der Waals surface area contributed by atoms with Crippen molar-refractivity contribution in [1.29, 1.82) is 0 Å². The van der Waals surface area contributed by atoms with Crippen molar-refractivity contribution in [3.63, 3.8) is 0 Å². The Hall–Kier alpha value is -1.48. The number of hydrogen-bond donors (Lipinski definition) is 1. The number of nitrogens with one attached hydrogen (secondary N) is 1. The summed E-state index contributed by atoms with van der Waals surface area (Å²) in [5.41, 5.74) is 2.37. The highest BCUT2D eigenvalue weighted by molar-refractivity contribution is 5.84. The van der Waals surface area contributed by atoms with Gasteiger partial charge in [-0.15, -0.1) is 0 Å². The molecule has 1 aliphatic rings. The summed E-state index contributed by atoms with van der Waals surface area (Å²) in [6.07, 6.45) is 2.57. The minimum absolute atomic E-state index is 0.687. The second-order valence-corrected chi connectivity index (χ2v) is 4.86. The van der Waals surface area contributed by atoms with E-state index in [4.69, 9.17) is 9.15 Å². The van der Waals surface area contributed by atoms with E-state index in [0.29, 0.717) is 5.92 Å². The van der Waals surface area contributed by atoms with Gasteiger partial charge < -0.3 is 14.5 Å². The van der Waals surface area contributed by atoms with Crippen molar-refractivity contribution in [2.45, 2.75) is 32.2 Å². The molecule has 0 aliphatic heterocycles. The van der Waals surface area contributed by atoms with Crippen LogP contribution in [0.3, 0.4) is 0 Å². The number of methoxy groups -OCH3 is 1. The minimum Gasteiger partial charge on any atom is -0.497 e. The molecule has 0 amide bonds. The van der Waals surface area contributed by atoms with Gasteiger partial charge in [-0.3, -0.25) is 0 Å². The SMILES string of the molecule is CCNCc1oc2ccc(OC)cc2c1C1CC1. The Morgan fingerprint density at radius 2 is 2.22 bits per heavy atom. The molecule has 1 aromatic carbocycles. The van der Waals surface area contributed by atoms with Crippen molar-refractivity contribution >= 4 is 11.0 Å². The van der Waals surface area contributed by atoms with Gasteiger partial charge in [0.2, 0.25) is 0 Å². The fourth-order valence-corrected chi connectivity index (χ4v) is 2.46. The molecule has 3 heteroatoms. The minimum atomic E-state index is 0.687. The molecule has 18 heavy (non-hydrogen) atoms. The maximum Gasteiger partial charge on any atom is 0.134 e. The first kappa shape index (κ1) is 11.6. The van der Waals surface area contributed by atoms with Gasteiger partial charge in [0.05, 0.1) is 13.7 Å². The molecular formula is C15H19NO2. The van der Waals surface area contributed by atoms with Gasteiger partial charge in [-0.05, 0) is 43.5 Å². The molecule has 96 valence electrons. The average molecular weight is 245 g/mol. The molecule has 1 saturated carbocycles. The van der Waals surface area contributed by atoms with Crippen LogP contribution in [0, 0.1) is 0 Å². The van der Waals surface area contributed by atoms with Gasteiger partial charge in [-0.2, -0.15) is 0 Å². The van der Waals surface area contributed by atoms with E-state index in [2.05, 4.69) is 18.3 Å². The van der Waals surface area contributed by atoms with E-state index < -0.39 is 0 Å². The van der Waals surface area contributed by atoms with E-state index in [9.17, 15) is 0 Å². The van der Waals surface area contributed by atoms with Crippen molar-refractivity contribution < 1.29 is 9.15 Å². The quantitative estimate of drug-likeness (QED) is 0.876. The molecule has 0 unspecified atom stereocenters. The van der Waals surface area contributed by atoms with E-state index >= 15 is 0 Å². The van der Waals surface area contributed by atoms with Crippen LogP contribution < -0.4 is 10.1 Å². The van der Waals surface area contributed by atoms with E-state index in [0.717, 1.165) is 30.2 Å². The average Bonchev–Trinajstić information content (AvgIpc) is 3.16. The summed E-state index contributed by atoms with van der Waals surface area (Å²) in [5, 5.41) is 4.58.